The van der Waals surface area contributed by atoms with E-state index in [1.54, 1.807) is 0 Å². The number of para-hydroxylation sites is 1. The van der Waals surface area contributed by atoms with Crippen LogP contribution in [-0.2, 0) is 9.53 Å². The zero-order chi connectivity index (χ0) is 24.6. The van der Waals surface area contributed by atoms with Crippen molar-refractivity contribution in [1.82, 2.24) is 25.1 Å². The molecular formula is C26H31N5O3S. The highest BCUT2D eigenvalue weighted by molar-refractivity contribution is 7.99. The van der Waals surface area contributed by atoms with E-state index >= 15 is 0 Å². The highest BCUT2D eigenvalue weighted by atomic mass is 32.2. The maximum absolute atomic E-state index is 12.4. The van der Waals surface area contributed by atoms with Crippen LogP contribution in [-0.4, -0.2) is 57.3 Å². The molecule has 4 rings (SSSR count). The Morgan fingerprint density at radius 3 is 2.71 bits per heavy atom. The van der Waals surface area contributed by atoms with E-state index in [0.717, 1.165) is 34.3 Å². The van der Waals surface area contributed by atoms with Crippen LogP contribution in [0.5, 0.6) is 5.75 Å². The summed E-state index contributed by atoms with van der Waals surface area (Å²) in [6.07, 6.45) is 2.92. The van der Waals surface area contributed by atoms with Crippen molar-refractivity contribution < 1.29 is 14.3 Å². The van der Waals surface area contributed by atoms with Gasteiger partial charge < -0.3 is 19.8 Å². The molecule has 8 nitrogen and oxygen atoms in total. The van der Waals surface area contributed by atoms with Crippen molar-refractivity contribution in [2.24, 2.45) is 0 Å². The number of benzene rings is 2. The molecule has 0 aliphatic carbocycles. The Morgan fingerprint density at radius 2 is 1.94 bits per heavy atom. The number of hydrogen-bond donors (Lipinski definition) is 2. The maximum atomic E-state index is 12.4. The Hall–Kier alpha value is -3.30. The summed E-state index contributed by atoms with van der Waals surface area (Å²) in [6.45, 7) is 7.77. The molecule has 0 bridgehead atoms. The lowest BCUT2D eigenvalue weighted by Gasteiger charge is -2.11. The van der Waals surface area contributed by atoms with Gasteiger partial charge in [-0.25, -0.2) is 0 Å². The highest BCUT2D eigenvalue weighted by Gasteiger charge is 2.19. The van der Waals surface area contributed by atoms with Gasteiger partial charge in [-0.3, -0.25) is 9.36 Å². The normalized spacial score (nSPS) is 11.3. The van der Waals surface area contributed by atoms with Gasteiger partial charge in [0.15, 0.2) is 11.0 Å². The predicted molar refractivity (Wildman–Crippen MR) is 139 cm³/mol. The number of rotatable bonds is 12. The summed E-state index contributed by atoms with van der Waals surface area (Å²) >= 11 is 1.36. The average Bonchev–Trinajstić information content (AvgIpc) is 3.47. The number of hydrogen-bond acceptors (Lipinski definition) is 6. The minimum Gasteiger partial charge on any atom is -0.494 e. The summed E-state index contributed by atoms with van der Waals surface area (Å²) in [4.78, 5) is 15.7. The number of amides is 1. The maximum Gasteiger partial charge on any atom is 0.230 e. The fourth-order valence-electron chi connectivity index (χ4n) is 3.69. The number of thioether (sulfide) groups is 1. The van der Waals surface area contributed by atoms with Gasteiger partial charge in [0.2, 0.25) is 5.91 Å². The lowest BCUT2D eigenvalue weighted by molar-refractivity contribution is -0.118. The van der Waals surface area contributed by atoms with Gasteiger partial charge in [-0.1, -0.05) is 30.0 Å². The summed E-state index contributed by atoms with van der Waals surface area (Å²) in [6, 6.07) is 15.9. The molecule has 0 saturated carbocycles. The van der Waals surface area contributed by atoms with Gasteiger partial charge in [0.1, 0.15) is 5.75 Å². The molecular weight excluding hydrogens is 462 g/mol. The smallest absolute Gasteiger partial charge is 0.230 e. The lowest BCUT2D eigenvalue weighted by Crippen LogP contribution is -2.27. The second-order valence-electron chi connectivity index (χ2n) is 8.23. The minimum atomic E-state index is -0.0468. The van der Waals surface area contributed by atoms with E-state index in [9.17, 15) is 4.79 Å². The Morgan fingerprint density at radius 1 is 1.14 bits per heavy atom. The van der Waals surface area contributed by atoms with Crippen LogP contribution in [0.4, 0.5) is 0 Å². The van der Waals surface area contributed by atoms with Crippen molar-refractivity contribution in [2.45, 2.75) is 38.5 Å². The topological polar surface area (TPSA) is 94.1 Å². The highest BCUT2D eigenvalue weighted by Crippen LogP contribution is 2.32. The summed E-state index contributed by atoms with van der Waals surface area (Å²) < 4.78 is 13.1. The fraction of sp³-hybridized carbons (Fsp3) is 0.346. The molecule has 2 aromatic carbocycles. The molecule has 0 aliphatic rings. The number of H-pyrrole nitrogens is 1. The molecule has 0 spiro atoms. The van der Waals surface area contributed by atoms with Gasteiger partial charge in [-0.2, -0.15) is 0 Å². The second kappa shape index (κ2) is 11.9. The van der Waals surface area contributed by atoms with Crippen molar-refractivity contribution >= 4 is 28.6 Å². The van der Waals surface area contributed by atoms with Crippen molar-refractivity contribution in [3.8, 4) is 22.8 Å². The number of aromatic amines is 1. The first-order valence-electron chi connectivity index (χ1n) is 11.8. The number of nitrogens with one attached hydrogen (secondary N) is 2. The van der Waals surface area contributed by atoms with Crippen LogP contribution < -0.4 is 10.1 Å². The van der Waals surface area contributed by atoms with E-state index in [2.05, 4.69) is 26.6 Å². The molecule has 1 amide bonds. The number of ether oxygens (including phenoxy) is 2. The largest absolute Gasteiger partial charge is 0.494 e. The summed E-state index contributed by atoms with van der Waals surface area (Å²) in [5.74, 6) is 1.71. The van der Waals surface area contributed by atoms with Crippen molar-refractivity contribution in [2.75, 3.05) is 25.5 Å². The quantitative estimate of drug-likeness (QED) is 0.217. The first-order chi connectivity index (χ1) is 17.1. The van der Waals surface area contributed by atoms with Crippen LogP contribution in [0.1, 0.15) is 27.2 Å². The Labute approximate surface area is 209 Å². The lowest BCUT2D eigenvalue weighted by atomic mass is 10.1. The summed E-state index contributed by atoms with van der Waals surface area (Å²) in [5.41, 5.74) is 2.87. The number of carbonyl (C=O) groups is 1. The second-order valence-corrected chi connectivity index (χ2v) is 9.17. The Balaban J connectivity index is 1.55. The van der Waals surface area contributed by atoms with Crippen LogP contribution >= 0.6 is 11.8 Å². The van der Waals surface area contributed by atoms with Gasteiger partial charge in [0, 0.05) is 41.5 Å². The molecule has 0 saturated heterocycles. The molecule has 2 heterocycles. The Bertz CT molecular complexity index is 1250. The number of nitrogens with zero attached hydrogens (tertiary/aromatic N) is 3. The van der Waals surface area contributed by atoms with E-state index in [1.165, 1.54) is 11.8 Å². The molecule has 2 aromatic heterocycles. The van der Waals surface area contributed by atoms with Crippen LogP contribution in [0, 0.1) is 0 Å². The molecule has 35 heavy (non-hydrogen) atoms. The molecule has 0 atom stereocenters. The van der Waals surface area contributed by atoms with E-state index in [0.29, 0.717) is 30.7 Å². The van der Waals surface area contributed by atoms with Gasteiger partial charge in [0.05, 0.1) is 18.5 Å². The van der Waals surface area contributed by atoms with Crippen LogP contribution in [0.3, 0.4) is 0 Å². The number of fused-ring (bicyclic) bond motifs is 1. The molecule has 184 valence electrons. The van der Waals surface area contributed by atoms with Crippen molar-refractivity contribution in [1.29, 1.82) is 0 Å². The molecule has 0 radical (unpaired) electrons. The predicted octanol–water partition coefficient (Wildman–Crippen LogP) is 4.84. The molecule has 4 aromatic rings. The number of carbonyl (C=O) groups excluding carboxylic acids is 1. The van der Waals surface area contributed by atoms with Gasteiger partial charge in [-0.15, -0.1) is 10.2 Å². The van der Waals surface area contributed by atoms with E-state index in [1.807, 2.05) is 74.0 Å². The third-order valence-electron chi connectivity index (χ3n) is 5.30. The third-order valence-corrected chi connectivity index (χ3v) is 6.23. The first-order valence-corrected chi connectivity index (χ1v) is 12.8. The van der Waals surface area contributed by atoms with E-state index in [-0.39, 0.29) is 17.8 Å². The standard InChI is InChI=1S/C26H31N5O3S/c1-4-33-20-12-10-19(11-13-20)31-25(22-16-28-23-9-6-5-8-21(22)23)29-30-26(31)35-17-24(32)27-14-7-15-34-18(2)3/h5-6,8-13,16,18,28H,4,7,14-15,17H2,1-3H3,(H,27,32). The fourth-order valence-corrected chi connectivity index (χ4v) is 4.47. The summed E-state index contributed by atoms with van der Waals surface area (Å²) in [7, 11) is 0. The average molecular weight is 494 g/mol. The summed E-state index contributed by atoms with van der Waals surface area (Å²) in [5, 5.41) is 13.6. The SMILES string of the molecule is CCOc1ccc(-n2c(SCC(=O)NCCCOC(C)C)nnc2-c2c[nH]c3ccccc23)cc1. The van der Waals surface area contributed by atoms with Gasteiger partial charge >= 0.3 is 0 Å². The monoisotopic (exact) mass is 493 g/mol. The zero-order valence-electron chi connectivity index (χ0n) is 20.3. The van der Waals surface area contributed by atoms with E-state index in [4.69, 9.17) is 9.47 Å². The van der Waals surface area contributed by atoms with Crippen molar-refractivity contribution in [3.05, 3.63) is 54.7 Å². The molecule has 0 aliphatic heterocycles. The van der Waals surface area contributed by atoms with E-state index < -0.39 is 0 Å². The molecule has 0 unspecified atom stereocenters. The van der Waals surface area contributed by atoms with Crippen LogP contribution in [0.25, 0.3) is 28.0 Å². The molecule has 0 fully saturated rings. The minimum absolute atomic E-state index is 0.0468. The molecule has 2 N–H and O–H groups in total. The Kier molecular flexibility index (Phi) is 8.44. The third kappa shape index (κ3) is 6.23. The number of aromatic nitrogens is 4. The zero-order valence-corrected chi connectivity index (χ0v) is 21.1. The van der Waals surface area contributed by atoms with Crippen LogP contribution in [0.2, 0.25) is 0 Å². The van der Waals surface area contributed by atoms with Crippen LogP contribution in [0.15, 0.2) is 59.9 Å². The molecule has 9 heteroatoms. The van der Waals surface area contributed by atoms with Gasteiger partial charge in [0.25, 0.3) is 0 Å². The first kappa shape index (κ1) is 24.8. The van der Waals surface area contributed by atoms with Gasteiger partial charge in [-0.05, 0) is 57.5 Å². The van der Waals surface area contributed by atoms with Crippen molar-refractivity contribution in [3.63, 3.8) is 0 Å².